The number of carbonyl (C=O) groups excluding carboxylic acids is 1. The van der Waals surface area contributed by atoms with Crippen molar-refractivity contribution in [1.82, 2.24) is 9.97 Å². The summed E-state index contributed by atoms with van der Waals surface area (Å²) in [6.07, 6.45) is 9.28. The molecule has 0 radical (unpaired) electrons. The van der Waals surface area contributed by atoms with E-state index in [4.69, 9.17) is 14.2 Å². The van der Waals surface area contributed by atoms with Crippen LogP contribution in [0.15, 0.2) is 67.3 Å². The highest BCUT2D eigenvalue weighted by atomic mass is 16.6. The van der Waals surface area contributed by atoms with Crippen LogP contribution in [0.1, 0.15) is 23.6 Å². The van der Waals surface area contributed by atoms with Gasteiger partial charge in [0.2, 0.25) is 0 Å². The zero-order valence-electron chi connectivity index (χ0n) is 17.6. The molecule has 2 heterocycles. The Morgan fingerprint density at radius 3 is 2.19 bits per heavy atom. The number of ether oxygens (including phenoxy) is 3. The summed E-state index contributed by atoms with van der Waals surface area (Å²) in [5, 5.41) is 0. The molecule has 6 heteroatoms. The van der Waals surface area contributed by atoms with E-state index in [1.165, 1.54) is 7.11 Å². The summed E-state index contributed by atoms with van der Waals surface area (Å²) in [5.74, 6) is 0.410. The molecule has 0 bridgehead atoms. The minimum atomic E-state index is -0.608. The molecule has 0 saturated carbocycles. The summed E-state index contributed by atoms with van der Waals surface area (Å²) in [7, 11) is 1.51. The number of benzene rings is 1. The third-order valence-corrected chi connectivity index (χ3v) is 5.23. The molecule has 158 valence electrons. The predicted molar refractivity (Wildman–Crippen MR) is 118 cm³/mol. The van der Waals surface area contributed by atoms with Gasteiger partial charge in [0.25, 0.3) is 0 Å². The molecular formula is C25H24N2O4. The molecule has 1 aliphatic rings. The van der Waals surface area contributed by atoms with E-state index in [2.05, 4.69) is 16.0 Å². The maximum absolute atomic E-state index is 11.9. The molecule has 1 aliphatic carbocycles. The Bertz CT molecular complexity index is 1050. The van der Waals surface area contributed by atoms with Gasteiger partial charge in [0, 0.05) is 49.4 Å². The van der Waals surface area contributed by atoms with Crippen molar-refractivity contribution in [3.8, 4) is 16.9 Å². The number of rotatable bonds is 8. The second kappa shape index (κ2) is 9.53. The fourth-order valence-corrected chi connectivity index (χ4v) is 3.71. The van der Waals surface area contributed by atoms with Crippen LogP contribution >= 0.6 is 0 Å². The van der Waals surface area contributed by atoms with Crippen LogP contribution in [0.5, 0.6) is 5.75 Å². The van der Waals surface area contributed by atoms with Gasteiger partial charge in [0.05, 0.1) is 6.61 Å². The number of pyridine rings is 2. The molecular weight excluding hydrogens is 392 g/mol. The van der Waals surface area contributed by atoms with Gasteiger partial charge in [0.15, 0.2) is 6.10 Å². The monoisotopic (exact) mass is 416 g/mol. The van der Waals surface area contributed by atoms with Crippen molar-refractivity contribution in [2.45, 2.75) is 19.4 Å². The lowest BCUT2D eigenvalue weighted by Crippen LogP contribution is -2.27. The summed E-state index contributed by atoms with van der Waals surface area (Å²) < 4.78 is 16.2. The second-order valence-corrected chi connectivity index (χ2v) is 7.10. The predicted octanol–water partition coefficient (Wildman–Crippen LogP) is 4.09. The SMILES string of the molecule is CCOC(=O)C(Cc1ccc(OCC=C2c3ccncc3-c3cnccc32)cc1)OC. The van der Waals surface area contributed by atoms with Gasteiger partial charge in [-0.2, -0.15) is 0 Å². The molecule has 0 spiro atoms. The van der Waals surface area contributed by atoms with E-state index in [1.54, 1.807) is 19.3 Å². The molecule has 3 aromatic rings. The molecule has 1 atom stereocenters. The average Bonchev–Trinajstić information content (AvgIpc) is 3.12. The molecule has 0 amide bonds. The van der Waals surface area contributed by atoms with E-state index in [9.17, 15) is 4.79 Å². The summed E-state index contributed by atoms with van der Waals surface area (Å²) in [6.45, 7) is 2.55. The van der Waals surface area contributed by atoms with Crippen molar-refractivity contribution in [2.24, 2.45) is 0 Å². The van der Waals surface area contributed by atoms with Crippen LogP contribution in [0.3, 0.4) is 0 Å². The first-order valence-corrected chi connectivity index (χ1v) is 10.2. The minimum absolute atomic E-state index is 0.336. The molecule has 0 N–H and O–H groups in total. The van der Waals surface area contributed by atoms with Crippen molar-refractivity contribution >= 4 is 11.5 Å². The molecule has 31 heavy (non-hydrogen) atoms. The highest BCUT2D eigenvalue weighted by molar-refractivity contribution is 6.00. The van der Waals surface area contributed by atoms with E-state index < -0.39 is 6.10 Å². The van der Waals surface area contributed by atoms with E-state index >= 15 is 0 Å². The second-order valence-electron chi connectivity index (χ2n) is 7.10. The van der Waals surface area contributed by atoms with Crippen molar-refractivity contribution in [3.05, 3.63) is 84.0 Å². The molecule has 6 nitrogen and oxygen atoms in total. The van der Waals surface area contributed by atoms with Crippen molar-refractivity contribution in [2.75, 3.05) is 20.3 Å². The molecule has 1 aromatic carbocycles. The molecule has 2 aromatic heterocycles. The standard InChI is InChI=1S/C25H24N2O4/c1-3-30-25(28)24(29-2)14-17-4-6-18(7-5-17)31-13-10-21-19-8-11-26-15-22(19)23-16-27-12-9-20(21)23/h4-12,15-16,24H,3,13-14H2,1-2H3. The van der Waals surface area contributed by atoms with Crippen LogP contribution in [0, 0.1) is 0 Å². The van der Waals surface area contributed by atoms with Gasteiger partial charge >= 0.3 is 5.97 Å². The number of fused-ring (bicyclic) bond motifs is 3. The van der Waals surface area contributed by atoms with E-state index in [-0.39, 0.29) is 5.97 Å². The maximum Gasteiger partial charge on any atom is 0.335 e. The number of hydrogen-bond donors (Lipinski definition) is 0. The van der Waals surface area contributed by atoms with Crippen molar-refractivity contribution in [1.29, 1.82) is 0 Å². The average molecular weight is 416 g/mol. The smallest absolute Gasteiger partial charge is 0.335 e. The molecule has 1 unspecified atom stereocenters. The summed E-state index contributed by atoms with van der Waals surface area (Å²) in [6, 6.07) is 11.7. The Morgan fingerprint density at radius 1 is 0.968 bits per heavy atom. The van der Waals surface area contributed by atoms with E-state index in [0.29, 0.717) is 19.6 Å². The highest BCUT2D eigenvalue weighted by Crippen LogP contribution is 2.42. The van der Waals surface area contributed by atoms with Gasteiger partial charge in [-0.15, -0.1) is 0 Å². The number of esters is 1. The third-order valence-electron chi connectivity index (χ3n) is 5.23. The quantitative estimate of drug-likeness (QED) is 0.403. The summed E-state index contributed by atoms with van der Waals surface area (Å²) in [4.78, 5) is 20.4. The Labute approximate surface area is 181 Å². The molecule has 0 fully saturated rings. The fraction of sp³-hybridized carbons (Fsp3) is 0.240. The Morgan fingerprint density at radius 2 is 1.61 bits per heavy atom. The minimum Gasteiger partial charge on any atom is -0.490 e. The van der Waals surface area contributed by atoms with Crippen LogP contribution in [0.25, 0.3) is 16.7 Å². The summed E-state index contributed by atoms with van der Waals surface area (Å²) >= 11 is 0. The van der Waals surface area contributed by atoms with Gasteiger partial charge in [0.1, 0.15) is 12.4 Å². The first kappa shape index (κ1) is 20.8. The molecule has 0 aliphatic heterocycles. The van der Waals surface area contributed by atoms with Gasteiger partial charge in [-0.25, -0.2) is 4.79 Å². The van der Waals surface area contributed by atoms with Gasteiger partial charge in [-0.05, 0) is 59.5 Å². The van der Waals surface area contributed by atoms with Crippen LogP contribution in [-0.4, -0.2) is 42.4 Å². The Hall–Kier alpha value is -3.51. The van der Waals surface area contributed by atoms with E-state index in [0.717, 1.165) is 39.1 Å². The fourth-order valence-electron chi connectivity index (χ4n) is 3.71. The van der Waals surface area contributed by atoms with Crippen molar-refractivity contribution in [3.63, 3.8) is 0 Å². The zero-order valence-corrected chi connectivity index (χ0v) is 17.6. The third kappa shape index (κ3) is 4.49. The normalized spacial score (nSPS) is 12.6. The first-order chi connectivity index (χ1) is 15.2. The lowest BCUT2D eigenvalue weighted by molar-refractivity contribution is -0.154. The number of methoxy groups -OCH3 is 1. The van der Waals surface area contributed by atoms with Crippen LogP contribution < -0.4 is 4.74 Å². The highest BCUT2D eigenvalue weighted by Gasteiger charge is 2.23. The Kier molecular flexibility index (Phi) is 6.38. The largest absolute Gasteiger partial charge is 0.490 e. The molecule has 4 rings (SSSR count). The lowest BCUT2D eigenvalue weighted by Gasteiger charge is -2.14. The van der Waals surface area contributed by atoms with Gasteiger partial charge < -0.3 is 14.2 Å². The number of aromatic nitrogens is 2. The molecule has 0 saturated heterocycles. The van der Waals surface area contributed by atoms with Gasteiger partial charge in [-0.3, -0.25) is 9.97 Å². The lowest BCUT2D eigenvalue weighted by atomic mass is 10.1. The number of nitrogens with zero attached hydrogens (tertiary/aromatic N) is 2. The van der Waals surface area contributed by atoms with E-state index in [1.807, 2.05) is 48.8 Å². The summed E-state index contributed by atoms with van der Waals surface area (Å²) in [5.41, 5.74) is 6.57. The topological polar surface area (TPSA) is 70.5 Å². The number of carbonyl (C=O) groups is 1. The van der Waals surface area contributed by atoms with Crippen LogP contribution in [0.4, 0.5) is 0 Å². The Balaban J connectivity index is 1.42. The van der Waals surface area contributed by atoms with Crippen LogP contribution in [0.2, 0.25) is 0 Å². The number of hydrogen-bond acceptors (Lipinski definition) is 6. The van der Waals surface area contributed by atoms with Gasteiger partial charge in [-0.1, -0.05) is 12.1 Å². The first-order valence-electron chi connectivity index (χ1n) is 10.2. The maximum atomic E-state index is 11.9. The van der Waals surface area contributed by atoms with Crippen LogP contribution in [-0.2, 0) is 20.7 Å². The zero-order chi connectivity index (χ0) is 21.6. The van der Waals surface area contributed by atoms with Crippen molar-refractivity contribution < 1.29 is 19.0 Å².